The minimum atomic E-state index is -3.29. The zero-order valence-electron chi connectivity index (χ0n) is 12.9. The van der Waals surface area contributed by atoms with Gasteiger partial charge in [-0.15, -0.1) is 0 Å². The third-order valence-electron chi connectivity index (χ3n) is 4.87. The molecular formula is C15H29N3O2S. The first kappa shape index (κ1) is 15.7. The molecule has 0 aromatic heterocycles. The van der Waals surface area contributed by atoms with E-state index in [1.165, 1.54) is 32.1 Å². The van der Waals surface area contributed by atoms with Gasteiger partial charge >= 0.3 is 0 Å². The fraction of sp³-hybridized carbons (Fsp3) is 1.00. The van der Waals surface area contributed by atoms with Crippen molar-refractivity contribution in [3.63, 3.8) is 0 Å². The van der Waals surface area contributed by atoms with Crippen molar-refractivity contribution >= 4 is 10.2 Å². The topological polar surface area (TPSA) is 61.4 Å². The van der Waals surface area contributed by atoms with E-state index in [0.29, 0.717) is 19.1 Å². The molecule has 6 heteroatoms. The van der Waals surface area contributed by atoms with Crippen LogP contribution in [0.4, 0.5) is 0 Å². The molecule has 0 aromatic carbocycles. The molecule has 0 amide bonds. The Morgan fingerprint density at radius 1 is 1.05 bits per heavy atom. The lowest BCUT2D eigenvalue weighted by atomic mass is 10.1. The van der Waals surface area contributed by atoms with E-state index in [9.17, 15) is 8.42 Å². The van der Waals surface area contributed by atoms with E-state index in [4.69, 9.17) is 0 Å². The molecule has 122 valence electrons. The second kappa shape index (κ2) is 6.94. The number of hydrogen-bond acceptors (Lipinski definition) is 3. The highest BCUT2D eigenvalue weighted by molar-refractivity contribution is 7.87. The zero-order chi connectivity index (χ0) is 14.7. The first-order valence-electron chi connectivity index (χ1n) is 8.65. The van der Waals surface area contributed by atoms with Crippen molar-refractivity contribution in [1.29, 1.82) is 0 Å². The largest absolute Gasteiger partial charge is 0.312 e. The van der Waals surface area contributed by atoms with Gasteiger partial charge in [0.25, 0.3) is 10.2 Å². The van der Waals surface area contributed by atoms with Gasteiger partial charge in [-0.25, -0.2) is 4.72 Å². The van der Waals surface area contributed by atoms with E-state index in [0.717, 1.165) is 38.1 Å². The molecule has 3 fully saturated rings. The molecule has 2 N–H and O–H groups in total. The minimum Gasteiger partial charge on any atom is -0.312 e. The standard InChI is InChI=1S/C15H29N3O2S/c19-21(20,17-10-3-4-13-6-7-13)18-11-2-1-5-15(18)12-16-14-8-9-14/h13-17H,1-12H2. The summed E-state index contributed by atoms with van der Waals surface area (Å²) >= 11 is 0. The summed E-state index contributed by atoms with van der Waals surface area (Å²) in [6, 6.07) is 0.781. The Balaban J connectivity index is 1.46. The lowest BCUT2D eigenvalue weighted by Crippen LogP contribution is -2.52. The molecule has 3 rings (SSSR count). The minimum absolute atomic E-state index is 0.139. The third kappa shape index (κ3) is 4.91. The smallest absolute Gasteiger partial charge is 0.279 e. The molecule has 0 bridgehead atoms. The summed E-state index contributed by atoms with van der Waals surface area (Å²) in [5.41, 5.74) is 0. The van der Waals surface area contributed by atoms with Crippen LogP contribution in [0.5, 0.6) is 0 Å². The Morgan fingerprint density at radius 3 is 2.57 bits per heavy atom. The SMILES string of the molecule is O=S(=O)(NCCCC1CC1)N1CCCCC1CNC1CC1. The van der Waals surface area contributed by atoms with Crippen LogP contribution in [0.15, 0.2) is 0 Å². The van der Waals surface area contributed by atoms with Crippen LogP contribution in [0.1, 0.15) is 57.8 Å². The van der Waals surface area contributed by atoms with Gasteiger partial charge in [0.2, 0.25) is 0 Å². The van der Waals surface area contributed by atoms with Gasteiger partial charge in [0.15, 0.2) is 0 Å². The molecule has 2 aliphatic carbocycles. The molecule has 21 heavy (non-hydrogen) atoms. The van der Waals surface area contributed by atoms with Crippen LogP contribution in [0.25, 0.3) is 0 Å². The summed E-state index contributed by atoms with van der Waals surface area (Å²) in [5, 5.41) is 3.48. The van der Waals surface area contributed by atoms with Crippen molar-refractivity contribution in [2.45, 2.75) is 69.9 Å². The van der Waals surface area contributed by atoms with Crippen molar-refractivity contribution in [2.24, 2.45) is 5.92 Å². The van der Waals surface area contributed by atoms with Crippen LogP contribution in [-0.4, -0.2) is 44.4 Å². The number of hydrogen-bond donors (Lipinski definition) is 2. The van der Waals surface area contributed by atoms with Gasteiger partial charge in [-0.3, -0.25) is 0 Å². The summed E-state index contributed by atoms with van der Waals surface area (Å²) in [5.74, 6) is 0.875. The first-order valence-corrected chi connectivity index (χ1v) is 10.1. The predicted octanol–water partition coefficient (Wildman–Crippen LogP) is 1.62. The summed E-state index contributed by atoms with van der Waals surface area (Å²) in [7, 11) is -3.29. The molecule has 1 heterocycles. The summed E-state index contributed by atoms with van der Waals surface area (Å²) in [4.78, 5) is 0. The van der Waals surface area contributed by atoms with Gasteiger partial charge in [0.1, 0.15) is 0 Å². The molecule has 1 unspecified atom stereocenters. The van der Waals surface area contributed by atoms with Crippen LogP contribution in [0, 0.1) is 5.92 Å². The molecule has 1 saturated heterocycles. The van der Waals surface area contributed by atoms with Gasteiger partial charge in [-0.05, 0) is 44.4 Å². The van der Waals surface area contributed by atoms with E-state index in [1.807, 2.05) is 0 Å². The second-order valence-electron chi connectivity index (χ2n) is 6.93. The van der Waals surface area contributed by atoms with Crippen LogP contribution in [-0.2, 0) is 10.2 Å². The Bertz CT molecular complexity index is 432. The van der Waals surface area contributed by atoms with Crippen LogP contribution < -0.4 is 10.0 Å². The lowest BCUT2D eigenvalue weighted by Gasteiger charge is -2.34. The predicted molar refractivity (Wildman–Crippen MR) is 84.3 cm³/mol. The van der Waals surface area contributed by atoms with Gasteiger partial charge in [-0.1, -0.05) is 19.3 Å². The normalized spacial score (nSPS) is 27.9. The van der Waals surface area contributed by atoms with Crippen molar-refractivity contribution < 1.29 is 8.42 Å². The highest BCUT2D eigenvalue weighted by Gasteiger charge is 2.33. The quantitative estimate of drug-likeness (QED) is 0.636. The molecule has 3 aliphatic rings. The van der Waals surface area contributed by atoms with Crippen molar-refractivity contribution in [3.05, 3.63) is 0 Å². The lowest BCUT2D eigenvalue weighted by molar-refractivity contribution is 0.242. The summed E-state index contributed by atoms with van der Waals surface area (Å²) in [6.07, 6.45) is 10.5. The maximum absolute atomic E-state index is 12.5. The number of nitrogens with zero attached hydrogens (tertiary/aromatic N) is 1. The molecular weight excluding hydrogens is 286 g/mol. The number of piperidine rings is 1. The van der Waals surface area contributed by atoms with Crippen LogP contribution >= 0.6 is 0 Å². The van der Waals surface area contributed by atoms with E-state index < -0.39 is 10.2 Å². The highest BCUT2D eigenvalue weighted by atomic mass is 32.2. The zero-order valence-corrected chi connectivity index (χ0v) is 13.7. The van der Waals surface area contributed by atoms with Crippen molar-refractivity contribution in [3.8, 4) is 0 Å². The van der Waals surface area contributed by atoms with E-state index in [2.05, 4.69) is 10.0 Å². The van der Waals surface area contributed by atoms with E-state index in [1.54, 1.807) is 4.31 Å². The number of rotatable bonds is 9. The Labute approximate surface area is 129 Å². The maximum atomic E-state index is 12.5. The molecule has 0 radical (unpaired) electrons. The molecule has 5 nitrogen and oxygen atoms in total. The Morgan fingerprint density at radius 2 is 1.86 bits per heavy atom. The van der Waals surface area contributed by atoms with Crippen LogP contribution in [0.3, 0.4) is 0 Å². The van der Waals surface area contributed by atoms with Crippen molar-refractivity contribution in [2.75, 3.05) is 19.6 Å². The van der Waals surface area contributed by atoms with Gasteiger partial charge < -0.3 is 5.32 Å². The van der Waals surface area contributed by atoms with Gasteiger partial charge in [0.05, 0.1) is 0 Å². The monoisotopic (exact) mass is 315 g/mol. The summed E-state index contributed by atoms with van der Waals surface area (Å²) in [6.45, 7) is 2.08. The molecule has 1 atom stereocenters. The van der Waals surface area contributed by atoms with Gasteiger partial charge in [-0.2, -0.15) is 12.7 Å². The van der Waals surface area contributed by atoms with Gasteiger partial charge in [0, 0.05) is 31.7 Å². The molecule has 1 aliphatic heterocycles. The number of nitrogens with one attached hydrogen (secondary N) is 2. The molecule has 0 aromatic rings. The fourth-order valence-electron chi connectivity index (χ4n) is 3.17. The van der Waals surface area contributed by atoms with Crippen LogP contribution in [0.2, 0.25) is 0 Å². The Hall–Kier alpha value is -0.170. The van der Waals surface area contributed by atoms with E-state index in [-0.39, 0.29) is 6.04 Å². The first-order chi connectivity index (χ1) is 10.1. The highest BCUT2D eigenvalue weighted by Crippen LogP contribution is 2.33. The Kier molecular flexibility index (Phi) is 5.19. The summed E-state index contributed by atoms with van der Waals surface area (Å²) < 4.78 is 29.5. The molecule has 0 spiro atoms. The average Bonchev–Trinajstić information content (AvgIpc) is 3.37. The fourth-order valence-corrected chi connectivity index (χ4v) is 4.68. The third-order valence-corrected chi connectivity index (χ3v) is 6.54. The average molecular weight is 315 g/mol. The van der Waals surface area contributed by atoms with E-state index >= 15 is 0 Å². The molecule has 2 saturated carbocycles. The second-order valence-corrected chi connectivity index (χ2v) is 8.64. The maximum Gasteiger partial charge on any atom is 0.279 e. The van der Waals surface area contributed by atoms with Crippen molar-refractivity contribution in [1.82, 2.24) is 14.3 Å².